The highest BCUT2D eigenvalue weighted by Crippen LogP contribution is 2.29. The van der Waals surface area contributed by atoms with E-state index in [0.717, 1.165) is 37.5 Å². The molecule has 2 heterocycles. The van der Waals surface area contributed by atoms with E-state index in [-0.39, 0.29) is 6.10 Å². The van der Waals surface area contributed by atoms with Crippen LogP contribution in [0.4, 0.5) is 5.69 Å². The number of rotatable bonds is 6. The number of hydrogen-bond donors (Lipinski definition) is 1. The normalized spacial score (nSPS) is 22.7. The summed E-state index contributed by atoms with van der Waals surface area (Å²) in [4.78, 5) is 16.1. The summed E-state index contributed by atoms with van der Waals surface area (Å²) in [6.07, 6.45) is 3.43. The lowest BCUT2D eigenvalue weighted by atomic mass is 10.1. The highest BCUT2D eigenvalue weighted by Gasteiger charge is 2.38. The molecular formula is C23H26N2O3. The lowest BCUT2D eigenvalue weighted by Gasteiger charge is -2.28. The summed E-state index contributed by atoms with van der Waals surface area (Å²) in [7, 11) is 0. The number of benzene rings is 2. The molecule has 2 atom stereocenters. The third kappa shape index (κ3) is 4.37. The molecule has 0 radical (unpaired) electrons. The van der Waals surface area contributed by atoms with Gasteiger partial charge in [-0.1, -0.05) is 48.5 Å². The fraction of sp³-hybridized carbons (Fsp3) is 0.348. The van der Waals surface area contributed by atoms with E-state index in [0.29, 0.717) is 13.0 Å². The third-order valence-corrected chi connectivity index (χ3v) is 5.45. The zero-order valence-electron chi connectivity index (χ0n) is 15.9. The van der Waals surface area contributed by atoms with Gasteiger partial charge in [-0.2, -0.15) is 0 Å². The Kier molecular flexibility index (Phi) is 5.63. The van der Waals surface area contributed by atoms with Crippen molar-refractivity contribution in [1.29, 1.82) is 0 Å². The number of para-hydroxylation sites is 1. The third-order valence-electron chi connectivity index (χ3n) is 5.45. The van der Waals surface area contributed by atoms with E-state index in [9.17, 15) is 9.90 Å². The largest absolute Gasteiger partial charge is 0.493 e. The van der Waals surface area contributed by atoms with Crippen LogP contribution in [0.5, 0.6) is 0 Å². The Morgan fingerprint density at radius 1 is 1.07 bits per heavy atom. The van der Waals surface area contributed by atoms with Gasteiger partial charge in [-0.3, -0.25) is 4.90 Å². The minimum Gasteiger partial charge on any atom is -0.493 e. The summed E-state index contributed by atoms with van der Waals surface area (Å²) >= 11 is 0. The minimum atomic E-state index is -0.790. The quantitative estimate of drug-likeness (QED) is 0.833. The van der Waals surface area contributed by atoms with Crippen LogP contribution in [0.15, 0.2) is 72.5 Å². The summed E-state index contributed by atoms with van der Waals surface area (Å²) in [6.45, 7) is 3.36. The number of nitrogens with zero attached hydrogens (tertiary/aromatic N) is 2. The van der Waals surface area contributed by atoms with Crippen LogP contribution in [-0.4, -0.2) is 47.8 Å². The molecule has 0 saturated carbocycles. The van der Waals surface area contributed by atoms with Crippen molar-refractivity contribution in [1.82, 2.24) is 4.90 Å². The second kappa shape index (κ2) is 8.48. The Morgan fingerprint density at radius 3 is 2.43 bits per heavy atom. The van der Waals surface area contributed by atoms with Crippen molar-refractivity contribution < 1.29 is 14.6 Å². The molecule has 2 aromatic carbocycles. The maximum absolute atomic E-state index is 11.7. The summed E-state index contributed by atoms with van der Waals surface area (Å²) in [5.41, 5.74) is 2.26. The number of anilines is 1. The van der Waals surface area contributed by atoms with E-state index in [1.807, 2.05) is 41.3 Å². The summed E-state index contributed by atoms with van der Waals surface area (Å²) in [5.74, 6) is 0.204. The highest BCUT2D eigenvalue weighted by atomic mass is 16.5. The summed E-state index contributed by atoms with van der Waals surface area (Å²) in [6, 6.07) is 19.7. The Bertz CT molecular complexity index is 822. The van der Waals surface area contributed by atoms with Gasteiger partial charge in [-0.05, 0) is 23.8 Å². The highest BCUT2D eigenvalue weighted by molar-refractivity contribution is 5.79. The van der Waals surface area contributed by atoms with Gasteiger partial charge in [0.1, 0.15) is 12.1 Å². The molecule has 0 aromatic heterocycles. The lowest BCUT2D eigenvalue weighted by molar-refractivity contribution is -0.138. The Labute approximate surface area is 165 Å². The van der Waals surface area contributed by atoms with Crippen molar-refractivity contribution in [2.24, 2.45) is 0 Å². The smallest absolute Gasteiger partial charge is 0.326 e. The fourth-order valence-electron chi connectivity index (χ4n) is 4.02. The predicted molar refractivity (Wildman–Crippen MR) is 109 cm³/mol. The first-order valence-electron chi connectivity index (χ1n) is 9.85. The second-order valence-corrected chi connectivity index (χ2v) is 7.46. The summed E-state index contributed by atoms with van der Waals surface area (Å²) in [5, 5.41) is 9.62. The number of carbonyl (C=O) groups is 1. The number of aliphatic carboxylic acids is 1. The van der Waals surface area contributed by atoms with E-state index < -0.39 is 12.0 Å². The van der Waals surface area contributed by atoms with Gasteiger partial charge >= 0.3 is 5.97 Å². The van der Waals surface area contributed by atoms with Crippen molar-refractivity contribution in [2.45, 2.75) is 31.5 Å². The Balaban J connectivity index is 1.35. The van der Waals surface area contributed by atoms with Crippen LogP contribution in [-0.2, 0) is 16.1 Å². The number of carboxylic acid groups (broad SMARTS) is 1. The standard InChI is InChI=1S/C23H26N2O3/c26-23(27)22-15-21(17-25(22)19-9-5-2-6-10-19)28-20-11-13-24(14-12-20)16-18-7-3-1-4-8-18/h1-11,21-22H,12-17H2,(H,26,27)/t21-,22-/m1/s1. The molecule has 28 heavy (non-hydrogen) atoms. The maximum atomic E-state index is 11.7. The van der Waals surface area contributed by atoms with E-state index >= 15 is 0 Å². The molecule has 1 N–H and O–H groups in total. The molecule has 0 bridgehead atoms. The van der Waals surface area contributed by atoms with Gasteiger partial charge in [0, 0.05) is 38.2 Å². The van der Waals surface area contributed by atoms with E-state index in [2.05, 4.69) is 35.2 Å². The van der Waals surface area contributed by atoms with Gasteiger partial charge in [0.2, 0.25) is 0 Å². The minimum absolute atomic E-state index is 0.0896. The second-order valence-electron chi connectivity index (χ2n) is 7.46. The van der Waals surface area contributed by atoms with Crippen LogP contribution in [0.25, 0.3) is 0 Å². The van der Waals surface area contributed by atoms with E-state index in [1.54, 1.807) is 0 Å². The first kappa shape index (κ1) is 18.6. The van der Waals surface area contributed by atoms with Gasteiger partial charge < -0.3 is 14.7 Å². The molecule has 1 saturated heterocycles. The first-order chi connectivity index (χ1) is 13.7. The molecule has 5 nitrogen and oxygen atoms in total. The van der Waals surface area contributed by atoms with Crippen molar-refractivity contribution in [3.8, 4) is 0 Å². The van der Waals surface area contributed by atoms with Crippen LogP contribution in [0.3, 0.4) is 0 Å². The zero-order valence-corrected chi connectivity index (χ0v) is 15.9. The maximum Gasteiger partial charge on any atom is 0.326 e. The van der Waals surface area contributed by atoms with Crippen molar-refractivity contribution in [3.63, 3.8) is 0 Å². The molecule has 2 aromatic rings. The topological polar surface area (TPSA) is 53.0 Å². The molecule has 1 fully saturated rings. The lowest BCUT2D eigenvalue weighted by Crippen LogP contribution is -2.35. The molecule has 5 heteroatoms. The van der Waals surface area contributed by atoms with Gasteiger partial charge in [-0.25, -0.2) is 4.79 Å². The van der Waals surface area contributed by atoms with Crippen molar-refractivity contribution >= 4 is 11.7 Å². The van der Waals surface area contributed by atoms with Gasteiger partial charge in [0.25, 0.3) is 0 Å². The van der Waals surface area contributed by atoms with Crippen LogP contribution >= 0.6 is 0 Å². The Hall–Kier alpha value is -2.79. The molecule has 0 aliphatic carbocycles. The monoisotopic (exact) mass is 378 g/mol. The molecule has 146 valence electrons. The average Bonchev–Trinajstić information content (AvgIpc) is 3.15. The number of ether oxygens (including phenoxy) is 1. The van der Waals surface area contributed by atoms with Crippen LogP contribution in [0.2, 0.25) is 0 Å². The molecule has 0 spiro atoms. The molecular weight excluding hydrogens is 352 g/mol. The zero-order chi connectivity index (χ0) is 19.3. The van der Waals surface area contributed by atoms with Crippen LogP contribution in [0.1, 0.15) is 18.4 Å². The molecule has 2 aliphatic rings. The molecule has 0 amide bonds. The Morgan fingerprint density at radius 2 is 1.79 bits per heavy atom. The van der Waals surface area contributed by atoms with Crippen LogP contribution < -0.4 is 4.90 Å². The number of hydrogen-bond acceptors (Lipinski definition) is 4. The predicted octanol–water partition coefficient (Wildman–Crippen LogP) is 3.52. The van der Waals surface area contributed by atoms with Crippen molar-refractivity contribution in [2.75, 3.05) is 24.5 Å². The van der Waals surface area contributed by atoms with Crippen LogP contribution in [0, 0.1) is 0 Å². The molecule has 2 aliphatic heterocycles. The number of carboxylic acids is 1. The first-order valence-corrected chi connectivity index (χ1v) is 9.85. The SMILES string of the molecule is O=C(O)[C@H]1C[C@@H](OC2=CCN(Cc3ccccc3)CC2)CN1c1ccccc1. The van der Waals surface area contributed by atoms with Gasteiger partial charge in [0.15, 0.2) is 0 Å². The molecule has 0 unspecified atom stereocenters. The van der Waals surface area contributed by atoms with E-state index in [4.69, 9.17) is 4.74 Å². The molecule has 4 rings (SSSR count). The fourth-order valence-corrected chi connectivity index (χ4v) is 4.02. The van der Waals surface area contributed by atoms with Gasteiger partial charge in [-0.15, -0.1) is 0 Å². The van der Waals surface area contributed by atoms with E-state index in [1.165, 1.54) is 5.56 Å². The average molecular weight is 378 g/mol. The van der Waals surface area contributed by atoms with Gasteiger partial charge in [0.05, 0.1) is 12.3 Å². The van der Waals surface area contributed by atoms with Crippen molar-refractivity contribution in [3.05, 3.63) is 78.1 Å². The summed E-state index contributed by atoms with van der Waals surface area (Å²) < 4.78 is 6.21.